The van der Waals surface area contributed by atoms with Crippen LogP contribution in [0.15, 0.2) is 36.0 Å². The fourth-order valence-electron chi connectivity index (χ4n) is 1.34. The van der Waals surface area contributed by atoms with E-state index >= 15 is 0 Å². The van der Waals surface area contributed by atoms with E-state index < -0.39 is 0 Å². The number of nitrogens with one attached hydrogen (secondary N) is 1. The average Bonchev–Trinajstić information content (AvgIpc) is 2.15. The van der Waals surface area contributed by atoms with Crippen LogP contribution in [0.5, 0.6) is 0 Å². The van der Waals surface area contributed by atoms with Crippen LogP contribution < -0.4 is 5.32 Å². The first-order chi connectivity index (χ1) is 6.29. The Kier molecular flexibility index (Phi) is 3.50. The van der Waals surface area contributed by atoms with Crippen molar-refractivity contribution in [3.05, 3.63) is 36.0 Å². The SMILES string of the molecule is C=CC1=C(/C=C\CC)CCNC1=O. The summed E-state index contributed by atoms with van der Waals surface area (Å²) in [5.41, 5.74) is 1.82. The van der Waals surface area contributed by atoms with Gasteiger partial charge in [-0.25, -0.2) is 0 Å². The normalized spacial score (nSPS) is 17.8. The maximum atomic E-state index is 11.3. The number of amides is 1. The van der Waals surface area contributed by atoms with Gasteiger partial charge in [0, 0.05) is 12.1 Å². The number of hydrogen-bond donors (Lipinski definition) is 1. The number of rotatable bonds is 3. The highest BCUT2D eigenvalue weighted by atomic mass is 16.1. The highest BCUT2D eigenvalue weighted by Crippen LogP contribution is 2.15. The largest absolute Gasteiger partial charge is 0.352 e. The Morgan fingerprint density at radius 1 is 1.62 bits per heavy atom. The Morgan fingerprint density at radius 3 is 3.00 bits per heavy atom. The third kappa shape index (κ3) is 2.31. The second kappa shape index (κ2) is 4.65. The van der Waals surface area contributed by atoms with E-state index in [0.717, 1.165) is 30.5 Å². The molecule has 0 aromatic rings. The summed E-state index contributed by atoms with van der Waals surface area (Å²) in [6.07, 6.45) is 7.62. The minimum atomic E-state index is -0.00277. The first-order valence-corrected chi connectivity index (χ1v) is 4.60. The van der Waals surface area contributed by atoms with Crippen LogP contribution in [0.2, 0.25) is 0 Å². The molecule has 70 valence electrons. The minimum absolute atomic E-state index is 0.00277. The number of hydrogen-bond acceptors (Lipinski definition) is 1. The molecule has 0 unspecified atom stereocenters. The van der Waals surface area contributed by atoms with Gasteiger partial charge in [-0.15, -0.1) is 0 Å². The van der Waals surface area contributed by atoms with Crippen molar-refractivity contribution >= 4 is 5.91 Å². The lowest BCUT2D eigenvalue weighted by Crippen LogP contribution is -2.30. The Labute approximate surface area is 79.0 Å². The zero-order chi connectivity index (χ0) is 9.68. The van der Waals surface area contributed by atoms with Crippen molar-refractivity contribution < 1.29 is 4.79 Å². The summed E-state index contributed by atoms with van der Waals surface area (Å²) in [5.74, 6) is -0.00277. The van der Waals surface area contributed by atoms with Gasteiger partial charge in [0.05, 0.1) is 0 Å². The molecule has 0 bridgehead atoms. The van der Waals surface area contributed by atoms with E-state index in [4.69, 9.17) is 0 Å². The van der Waals surface area contributed by atoms with Gasteiger partial charge >= 0.3 is 0 Å². The van der Waals surface area contributed by atoms with Crippen LogP contribution in [0.25, 0.3) is 0 Å². The van der Waals surface area contributed by atoms with Gasteiger partial charge in [0.2, 0.25) is 0 Å². The molecule has 1 heterocycles. The molecule has 0 atom stereocenters. The fourth-order valence-corrected chi connectivity index (χ4v) is 1.34. The smallest absolute Gasteiger partial charge is 0.251 e. The third-order valence-electron chi connectivity index (χ3n) is 2.03. The summed E-state index contributed by atoms with van der Waals surface area (Å²) in [5, 5.41) is 2.79. The van der Waals surface area contributed by atoms with Crippen LogP contribution in [0.4, 0.5) is 0 Å². The summed E-state index contributed by atoms with van der Waals surface area (Å²) >= 11 is 0. The van der Waals surface area contributed by atoms with Crippen molar-refractivity contribution in [1.29, 1.82) is 0 Å². The Morgan fingerprint density at radius 2 is 2.38 bits per heavy atom. The van der Waals surface area contributed by atoms with E-state index in [1.165, 1.54) is 0 Å². The van der Waals surface area contributed by atoms with Crippen LogP contribution >= 0.6 is 0 Å². The monoisotopic (exact) mass is 177 g/mol. The van der Waals surface area contributed by atoms with Crippen molar-refractivity contribution in [1.82, 2.24) is 5.32 Å². The van der Waals surface area contributed by atoms with Crippen LogP contribution in [0.1, 0.15) is 19.8 Å². The van der Waals surface area contributed by atoms with Gasteiger partial charge in [-0.05, 0) is 18.4 Å². The molecule has 1 amide bonds. The molecule has 1 N–H and O–H groups in total. The molecule has 0 aromatic heterocycles. The molecule has 13 heavy (non-hydrogen) atoms. The summed E-state index contributed by atoms with van der Waals surface area (Å²) in [6.45, 7) is 6.45. The summed E-state index contributed by atoms with van der Waals surface area (Å²) < 4.78 is 0. The predicted molar refractivity (Wildman–Crippen MR) is 54.3 cm³/mol. The van der Waals surface area contributed by atoms with Crippen LogP contribution in [0.3, 0.4) is 0 Å². The van der Waals surface area contributed by atoms with Crippen LogP contribution in [-0.4, -0.2) is 12.5 Å². The van der Waals surface area contributed by atoms with Gasteiger partial charge in [-0.2, -0.15) is 0 Å². The minimum Gasteiger partial charge on any atom is -0.352 e. The molecule has 1 aliphatic heterocycles. The van der Waals surface area contributed by atoms with Gasteiger partial charge in [-0.3, -0.25) is 4.79 Å². The van der Waals surface area contributed by atoms with E-state index in [2.05, 4.69) is 24.9 Å². The number of allylic oxidation sites excluding steroid dienone is 2. The summed E-state index contributed by atoms with van der Waals surface area (Å²) in [4.78, 5) is 11.3. The van der Waals surface area contributed by atoms with Crippen molar-refractivity contribution in [3.8, 4) is 0 Å². The standard InChI is InChI=1S/C11H15NO/c1-3-5-6-9-7-8-12-11(13)10(9)4-2/h4-6H,2-3,7-8H2,1H3,(H,12,13)/b6-5-. The van der Waals surface area contributed by atoms with Gasteiger partial charge in [0.25, 0.3) is 5.91 Å². The van der Waals surface area contributed by atoms with E-state index in [-0.39, 0.29) is 5.91 Å². The predicted octanol–water partition coefficient (Wildman–Crippen LogP) is 1.96. The molecule has 2 nitrogen and oxygen atoms in total. The van der Waals surface area contributed by atoms with E-state index in [1.807, 2.05) is 6.08 Å². The summed E-state index contributed by atoms with van der Waals surface area (Å²) in [7, 11) is 0. The molecule has 2 heteroatoms. The maximum absolute atomic E-state index is 11.3. The van der Waals surface area contributed by atoms with E-state index in [0.29, 0.717) is 0 Å². The van der Waals surface area contributed by atoms with Gasteiger partial charge in [0.15, 0.2) is 0 Å². The molecule has 0 aliphatic carbocycles. The highest BCUT2D eigenvalue weighted by Gasteiger charge is 2.14. The molecule has 0 radical (unpaired) electrons. The number of carbonyl (C=O) groups is 1. The molecule has 1 rings (SSSR count). The van der Waals surface area contributed by atoms with Gasteiger partial charge < -0.3 is 5.32 Å². The van der Waals surface area contributed by atoms with Crippen molar-refractivity contribution in [2.75, 3.05) is 6.54 Å². The molecular weight excluding hydrogens is 162 g/mol. The van der Waals surface area contributed by atoms with Crippen LogP contribution in [-0.2, 0) is 4.79 Å². The number of carbonyl (C=O) groups excluding carboxylic acids is 1. The Bertz CT molecular complexity index is 274. The first-order valence-electron chi connectivity index (χ1n) is 4.60. The van der Waals surface area contributed by atoms with Crippen LogP contribution in [0, 0.1) is 0 Å². The molecule has 0 spiro atoms. The maximum Gasteiger partial charge on any atom is 0.251 e. The van der Waals surface area contributed by atoms with Crippen molar-refractivity contribution in [2.45, 2.75) is 19.8 Å². The molecular formula is C11H15NO. The lowest BCUT2D eigenvalue weighted by Gasteiger charge is -2.15. The highest BCUT2D eigenvalue weighted by molar-refractivity contribution is 5.98. The quantitative estimate of drug-likeness (QED) is 0.701. The zero-order valence-corrected chi connectivity index (χ0v) is 7.97. The molecule has 0 aromatic carbocycles. The second-order valence-corrected chi connectivity index (χ2v) is 2.96. The third-order valence-corrected chi connectivity index (χ3v) is 2.03. The lowest BCUT2D eigenvalue weighted by molar-refractivity contribution is -0.117. The van der Waals surface area contributed by atoms with E-state index in [1.54, 1.807) is 6.08 Å². The first kappa shape index (κ1) is 9.78. The Balaban J connectivity index is 2.92. The Hall–Kier alpha value is -1.31. The van der Waals surface area contributed by atoms with Gasteiger partial charge in [0.1, 0.15) is 0 Å². The summed E-state index contributed by atoms with van der Waals surface area (Å²) in [6, 6.07) is 0. The molecule has 1 aliphatic rings. The van der Waals surface area contributed by atoms with Gasteiger partial charge in [-0.1, -0.05) is 31.7 Å². The van der Waals surface area contributed by atoms with Crippen molar-refractivity contribution in [3.63, 3.8) is 0 Å². The second-order valence-electron chi connectivity index (χ2n) is 2.96. The zero-order valence-electron chi connectivity index (χ0n) is 7.97. The lowest BCUT2D eigenvalue weighted by atomic mass is 10.00. The molecule has 0 fully saturated rings. The molecule has 0 saturated carbocycles. The fraction of sp³-hybridized carbons (Fsp3) is 0.364. The van der Waals surface area contributed by atoms with E-state index in [9.17, 15) is 4.79 Å². The average molecular weight is 177 g/mol. The van der Waals surface area contributed by atoms with Crippen molar-refractivity contribution in [2.24, 2.45) is 0 Å². The molecule has 0 saturated heterocycles. The topological polar surface area (TPSA) is 29.1 Å².